The fraction of sp³-hybridized carbons (Fsp3) is 0.714. The van der Waals surface area contributed by atoms with Crippen molar-refractivity contribution in [2.24, 2.45) is 5.92 Å². The Bertz CT molecular complexity index is 161. The Labute approximate surface area is 108 Å². The first kappa shape index (κ1) is 19.1. The van der Waals surface area contributed by atoms with Gasteiger partial charge in [0.05, 0.1) is 0 Å². The quantitative estimate of drug-likeness (QED) is 0.537. The van der Waals surface area contributed by atoms with Crippen LogP contribution in [0.4, 0.5) is 0 Å². The Balaban J connectivity index is -0.000000500. The second-order valence-electron chi connectivity index (χ2n) is 2.48. The summed E-state index contributed by atoms with van der Waals surface area (Å²) in [5.74, 6) is -2.85. The van der Waals surface area contributed by atoms with Crippen molar-refractivity contribution in [2.45, 2.75) is 26.2 Å². The van der Waals surface area contributed by atoms with E-state index in [2.05, 4.69) is 0 Å². The van der Waals surface area contributed by atoms with Crippen molar-refractivity contribution in [1.82, 2.24) is 0 Å². The van der Waals surface area contributed by atoms with Crippen molar-refractivity contribution in [3.63, 3.8) is 0 Å². The van der Waals surface area contributed by atoms with Crippen molar-refractivity contribution in [3.8, 4) is 0 Å². The number of aliphatic carboxylic acids is 2. The molecular weight excluding hydrogens is 364 g/mol. The Hall–Kier alpha value is 0.421. The molecule has 4 nitrogen and oxygen atoms in total. The molecule has 0 aliphatic rings. The predicted octanol–water partition coefficient (Wildman–Crippen LogP) is -1.71. The minimum Gasteiger partial charge on any atom is -0.550 e. The maximum atomic E-state index is 10.1. The molecule has 6 heteroatoms. The molecule has 0 saturated carbocycles. The number of carbonyl (C=O) groups is 2. The number of carboxylic acids is 2. The molecule has 1 unspecified atom stereocenters. The van der Waals surface area contributed by atoms with E-state index in [-0.39, 0.29) is 51.2 Å². The minimum absolute atomic E-state index is 0. The molecule has 0 aliphatic carbocycles. The molecule has 0 aromatic rings. The van der Waals surface area contributed by atoms with Crippen molar-refractivity contribution >= 4 is 11.9 Å². The van der Waals surface area contributed by atoms with Gasteiger partial charge in [-0.2, -0.15) is 0 Å². The molecule has 1 atom stereocenters. The molecule has 0 aromatic heterocycles. The van der Waals surface area contributed by atoms with Crippen molar-refractivity contribution < 1.29 is 64.6 Å². The van der Waals surface area contributed by atoms with Gasteiger partial charge in [0, 0.05) is 11.9 Å². The third-order valence-electron chi connectivity index (χ3n) is 1.42. The summed E-state index contributed by atoms with van der Waals surface area (Å²) in [5.41, 5.74) is 0. The van der Waals surface area contributed by atoms with Gasteiger partial charge in [0.25, 0.3) is 0 Å². The normalized spacial score (nSPS) is 10.5. The topological polar surface area (TPSA) is 80.3 Å². The summed E-state index contributed by atoms with van der Waals surface area (Å²) in [4.78, 5) is 20.0. The summed E-state index contributed by atoms with van der Waals surface area (Å²) in [7, 11) is 0. The van der Waals surface area contributed by atoms with Gasteiger partial charge in [-0.25, -0.2) is 0 Å². The van der Waals surface area contributed by atoms with Gasteiger partial charge in [0.15, 0.2) is 0 Å². The third-order valence-corrected chi connectivity index (χ3v) is 1.42. The van der Waals surface area contributed by atoms with Crippen LogP contribution >= 0.6 is 0 Å². The van der Waals surface area contributed by atoms with Crippen molar-refractivity contribution in [3.05, 3.63) is 0 Å². The largest absolute Gasteiger partial charge is 1.00 e. The average molecular weight is 374 g/mol. The zero-order chi connectivity index (χ0) is 8.85. The van der Waals surface area contributed by atoms with E-state index in [0.29, 0.717) is 12.8 Å². The van der Waals surface area contributed by atoms with E-state index >= 15 is 0 Å². The standard InChI is InChI=1S/C7H12O4.2Ag/c1-5(7(10)11)3-2-4-6(8)9;;/h5H,2-4H2,1H3,(H,8,9)(H,10,11);;/q;2*+1/p-2. The Kier molecular flexibility index (Phi) is 15.4. The first-order chi connectivity index (χ1) is 5.04. The monoisotopic (exact) mass is 372 g/mol. The summed E-state index contributed by atoms with van der Waals surface area (Å²) in [6.45, 7) is 1.49. The maximum absolute atomic E-state index is 10.1. The molecular formula is C7H10Ag2O4. The van der Waals surface area contributed by atoms with E-state index in [0.717, 1.165) is 0 Å². The number of hydrogen-bond donors (Lipinski definition) is 0. The smallest absolute Gasteiger partial charge is 0.550 e. The van der Waals surface area contributed by atoms with E-state index in [9.17, 15) is 19.8 Å². The molecule has 0 bridgehead atoms. The molecule has 0 amide bonds. The van der Waals surface area contributed by atoms with Gasteiger partial charge in [-0.05, 0) is 25.2 Å². The first-order valence-electron chi connectivity index (χ1n) is 3.44. The van der Waals surface area contributed by atoms with Crippen LogP contribution in [0.25, 0.3) is 0 Å². The summed E-state index contributed by atoms with van der Waals surface area (Å²) in [6.07, 6.45) is 0.575. The van der Waals surface area contributed by atoms with Gasteiger partial charge >= 0.3 is 44.8 Å². The molecule has 0 spiro atoms. The van der Waals surface area contributed by atoms with Gasteiger partial charge in [-0.1, -0.05) is 6.92 Å². The molecule has 0 aliphatic heterocycles. The van der Waals surface area contributed by atoms with E-state index in [1.165, 1.54) is 6.92 Å². The molecule has 0 fully saturated rings. The van der Waals surface area contributed by atoms with E-state index in [1.54, 1.807) is 0 Å². The molecule has 0 heterocycles. The summed E-state index contributed by atoms with van der Waals surface area (Å²) in [6, 6.07) is 0. The van der Waals surface area contributed by atoms with Crippen LogP contribution in [0.15, 0.2) is 0 Å². The number of hydrogen-bond acceptors (Lipinski definition) is 4. The van der Waals surface area contributed by atoms with Crippen LogP contribution in [0.3, 0.4) is 0 Å². The second-order valence-corrected chi connectivity index (χ2v) is 2.48. The van der Waals surface area contributed by atoms with Gasteiger partial charge in [0.2, 0.25) is 0 Å². The van der Waals surface area contributed by atoms with Crippen molar-refractivity contribution in [1.29, 1.82) is 0 Å². The summed E-state index contributed by atoms with van der Waals surface area (Å²) >= 11 is 0. The summed E-state index contributed by atoms with van der Waals surface area (Å²) in [5, 5.41) is 20.0. The number of rotatable bonds is 5. The van der Waals surface area contributed by atoms with Crippen LogP contribution in [0, 0.1) is 5.92 Å². The Morgan fingerprint density at radius 3 is 2.00 bits per heavy atom. The maximum Gasteiger partial charge on any atom is 1.00 e. The van der Waals surface area contributed by atoms with E-state index in [4.69, 9.17) is 0 Å². The zero-order valence-electron chi connectivity index (χ0n) is 6.93. The number of carbonyl (C=O) groups excluding carboxylic acids is 2. The predicted molar refractivity (Wildman–Crippen MR) is 33.0 cm³/mol. The van der Waals surface area contributed by atoms with Crippen molar-refractivity contribution in [2.75, 3.05) is 0 Å². The SMILES string of the molecule is CC(CCCC(=O)[O-])C(=O)[O-].[Ag+].[Ag+]. The zero-order valence-corrected chi connectivity index (χ0v) is 9.90. The minimum atomic E-state index is -1.14. The van der Waals surface area contributed by atoms with Gasteiger partial charge in [-0.15, -0.1) is 0 Å². The molecule has 0 rings (SSSR count). The third kappa shape index (κ3) is 12.4. The fourth-order valence-electron chi connectivity index (χ4n) is 0.670. The molecule has 0 N–H and O–H groups in total. The van der Waals surface area contributed by atoms with Crippen LogP contribution in [-0.4, -0.2) is 11.9 Å². The molecule has 0 saturated heterocycles. The van der Waals surface area contributed by atoms with Crippen LogP contribution in [0.2, 0.25) is 0 Å². The van der Waals surface area contributed by atoms with Gasteiger partial charge in [-0.3, -0.25) is 0 Å². The average Bonchev–Trinajstić information content (AvgIpc) is 1.86. The second kappa shape index (κ2) is 10.5. The molecule has 84 valence electrons. The molecule has 13 heavy (non-hydrogen) atoms. The molecule has 0 radical (unpaired) electrons. The van der Waals surface area contributed by atoms with E-state index in [1.807, 2.05) is 0 Å². The van der Waals surface area contributed by atoms with Gasteiger partial charge < -0.3 is 19.8 Å². The van der Waals surface area contributed by atoms with Crippen LogP contribution in [0.5, 0.6) is 0 Å². The number of carboxylic acid groups (broad SMARTS) is 2. The van der Waals surface area contributed by atoms with E-state index < -0.39 is 17.9 Å². The van der Waals surface area contributed by atoms with Crippen LogP contribution in [-0.2, 0) is 54.3 Å². The Morgan fingerprint density at radius 2 is 1.69 bits per heavy atom. The van der Waals surface area contributed by atoms with Crippen LogP contribution in [0.1, 0.15) is 26.2 Å². The van der Waals surface area contributed by atoms with Gasteiger partial charge in [0.1, 0.15) is 0 Å². The Morgan fingerprint density at radius 1 is 1.23 bits per heavy atom. The van der Waals surface area contributed by atoms with Crippen LogP contribution < -0.4 is 10.2 Å². The first-order valence-corrected chi connectivity index (χ1v) is 3.44. The summed E-state index contributed by atoms with van der Waals surface area (Å²) < 4.78 is 0. The molecule has 0 aromatic carbocycles. The fourth-order valence-corrected chi connectivity index (χ4v) is 0.670.